The molecule has 0 spiro atoms. The van der Waals surface area contributed by atoms with E-state index in [0.29, 0.717) is 6.10 Å². The van der Waals surface area contributed by atoms with Gasteiger partial charge in [-0.3, -0.25) is 0 Å². The van der Waals surface area contributed by atoms with E-state index in [0.717, 1.165) is 44.4 Å². The number of hydrogen-bond acceptors (Lipinski definition) is 4. The lowest BCUT2D eigenvalue weighted by Gasteiger charge is -2.22. The number of rotatable bonds is 4. The molecule has 0 saturated heterocycles. The quantitative estimate of drug-likeness (QED) is 0.648. The predicted molar refractivity (Wildman–Crippen MR) is 65.5 cm³/mol. The number of hydrogen-bond donors (Lipinski definition) is 1. The van der Waals surface area contributed by atoms with Crippen molar-refractivity contribution in [3.63, 3.8) is 0 Å². The van der Waals surface area contributed by atoms with Gasteiger partial charge in [0.2, 0.25) is 0 Å². The maximum absolute atomic E-state index is 8.63. The third-order valence-electron chi connectivity index (χ3n) is 2.98. The van der Waals surface area contributed by atoms with Gasteiger partial charge in [0.05, 0.1) is 18.4 Å². The summed E-state index contributed by atoms with van der Waals surface area (Å²) >= 11 is 1.73. The molecule has 0 aliphatic heterocycles. The normalized spacial score (nSPS) is 21.0. The molecule has 1 saturated carbocycles. The van der Waals surface area contributed by atoms with Crippen molar-refractivity contribution in [2.24, 2.45) is 5.16 Å². The van der Waals surface area contributed by atoms with Crippen molar-refractivity contribution in [3.8, 4) is 0 Å². The summed E-state index contributed by atoms with van der Waals surface area (Å²) in [5, 5.41) is 16.2. The van der Waals surface area contributed by atoms with Gasteiger partial charge in [-0.15, -0.1) is 0 Å². The van der Waals surface area contributed by atoms with Crippen molar-refractivity contribution in [2.75, 3.05) is 6.61 Å². The highest BCUT2D eigenvalue weighted by Crippen LogP contribution is 2.19. The summed E-state index contributed by atoms with van der Waals surface area (Å²) in [4.78, 5) is 0. The van der Waals surface area contributed by atoms with Crippen molar-refractivity contribution < 1.29 is 9.94 Å². The Morgan fingerprint density at radius 2 is 2.25 bits per heavy atom. The summed E-state index contributed by atoms with van der Waals surface area (Å²) < 4.78 is 5.82. The van der Waals surface area contributed by atoms with Gasteiger partial charge >= 0.3 is 0 Å². The Kier molecular flexibility index (Phi) is 4.36. The summed E-state index contributed by atoms with van der Waals surface area (Å²) in [6.45, 7) is 0.799. The van der Waals surface area contributed by atoms with Crippen molar-refractivity contribution in [2.45, 2.75) is 38.2 Å². The molecule has 0 unspecified atom stereocenters. The van der Waals surface area contributed by atoms with Crippen LogP contribution in [-0.4, -0.2) is 23.6 Å². The molecule has 1 fully saturated rings. The highest BCUT2D eigenvalue weighted by atomic mass is 32.1. The standard InChI is InChI=1S/C12H17NO2S/c14-13-11-1-3-12(4-2-11)15-7-5-10-6-8-16-9-10/h6,8-9,12,14H,1-5,7H2. The van der Waals surface area contributed by atoms with Gasteiger partial charge < -0.3 is 9.94 Å². The van der Waals surface area contributed by atoms with Gasteiger partial charge in [0.1, 0.15) is 0 Å². The van der Waals surface area contributed by atoms with E-state index >= 15 is 0 Å². The van der Waals surface area contributed by atoms with Crippen LogP contribution >= 0.6 is 11.3 Å². The Labute approximate surface area is 99.7 Å². The molecule has 0 radical (unpaired) electrons. The maximum Gasteiger partial charge on any atom is 0.0582 e. The summed E-state index contributed by atoms with van der Waals surface area (Å²) in [6.07, 6.45) is 5.08. The zero-order chi connectivity index (χ0) is 11.2. The largest absolute Gasteiger partial charge is 0.411 e. The Morgan fingerprint density at radius 3 is 2.88 bits per heavy atom. The minimum atomic E-state index is 0.351. The van der Waals surface area contributed by atoms with E-state index in [1.165, 1.54) is 5.56 Å². The first-order chi connectivity index (χ1) is 7.88. The molecule has 0 atom stereocenters. The molecule has 1 aromatic heterocycles. The van der Waals surface area contributed by atoms with E-state index in [2.05, 4.69) is 22.0 Å². The van der Waals surface area contributed by atoms with Crippen molar-refractivity contribution in [1.29, 1.82) is 0 Å². The monoisotopic (exact) mass is 239 g/mol. The van der Waals surface area contributed by atoms with Crippen LogP contribution in [0.2, 0.25) is 0 Å². The SMILES string of the molecule is ON=C1CCC(OCCc2ccsc2)CC1. The first-order valence-electron chi connectivity index (χ1n) is 5.71. The third-order valence-corrected chi connectivity index (χ3v) is 3.71. The Bertz CT molecular complexity index is 325. The molecular formula is C12H17NO2S. The van der Waals surface area contributed by atoms with E-state index in [1.807, 2.05) is 0 Å². The van der Waals surface area contributed by atoms with Crippen LogP contribution in [0.1, 0.15) is 31.2 Å². The van der Waals surface area contributed by atoms with Crippen molar-refractivity contribution >= 4 is 17.0 Å². The molecule has 2 rings (SSSR count). The zero-order valence-electron chi connectivity index (χ0n) is 9.26. The third kappa shape index (κ3) is 3.32. The smallest absolute Gasteiger partial charge is 0.0582 e. The molecule has 1 aliphatic rings. The second-order valence-corrected chi connectivity index (χ2v) is 4.90. The fourth-order valence-electron chi connectivity index (χ4n) is 1.97. The van der Waals surface area contributed by atoms with Gasteiger partial charge in [-0.1, -0.05) is 5.16 Å². The van der Waals surface area contributed by atoms with Crippen LogP contribution in [0.3, 0.4) is 0 Å². The minimum absolute atomic E-state index is 0.351. The number of nitrogens with zero attached hydrogens (tertiary/aromatic N) is 1. The molecule has 1 N–H and O–H groups in total. The van der Waals surface area contributed by atoms with E-state index < -0.39 is 0 Å². The molecule has 1 aliphatic carbocycles. The molecule has 0 bridgehead atoms. The summed E-state index contributed by atoms with van der Waals surface area (Å²) in [5.41, 5.74) is 2.27. The zero-order valence-corrected chi connectivity index (χ0v) is 10.1. The molecule has 16 heavy (non-hydrogen) atoms. The summed E-state index contributed by atoms with van der Waals surface area (Å²) in [7, 11) is 0. The van der Waals surface area contributed by atoms with E-state index in [-0.39, 0.29) is 0 Å². The lowest BCUT2D eigenvalue weighted by Crippen LogP contribution is -2.22. The van der Waals surface area contributed by atoms with Crippen LogP contribution in [0.15, 0.2) is 22.0 Å². The van der Waals surface area contributed by atoms with Gasteiger partial charge in [0, 0.05) is 0 Å². The number of oxime groups is 1. The molecule has 0 aromatic carbocycles. The van der Waals surface area contributed by atoms with Gasteiger partial charge in [-0.2, -0.15) is 11.3 Å². The van der Waals surface area contributed by atoms with Gasteiger partial charge in [0.25, 0.3) is 0 Å². The summed E-state index contributed by atoms with van der Waals surface area (Å²) in [5.74, 6) is 0. The number of ether oxygens (including phenoxy) is 1. The van der Waals surface area contributed by atoms with Crippen LogP contribution in [0.4, 0.5) is 0 Å². The fourth-order valence-corrected chi connectivity index (χ4v) is 2.67. The Balaban J connectivity index is 1.64. The first kappa shape index (κ1) is 11.6. The molecule has 4 heteroatoms. The van der Waals surface area contributed by atoms with Crippen LogP contribution in [0.25, 0.3) is 0 Å². The number of thiophene rings is 1. The van der Waals surface area contributed by atoms with Crippen molar-refractivity contribution in [1.82, 2.24) is 0 Å². The van der Waals surface area contributed by atoms with Crippen LogP contribution in [0.5, 0.6) is 0 Å². The molecular weight excluding hydrogens is 222 g/mol. The Morgan fingerprint density at radius 1 is 1.44 bits per heavy atom. The van der Waals surface area contributed by atoms with Gasteiger partial charge in [-0.25, -0.2) is 0 Å². The van der Waals surface area contributed by atoms with Crippen molar-refractivity contribution in [3.05, 3.63) is 22.4 Å². The maximum atomic E-state index is 8.63. The second-order valence-electron chi connectivity index (χ2n) is 4.12. The van der Waals surface area contributed by atoms with Gasteiger partial charge in [-0.05, 0) is 54.5 Å². The lowest BCUT2D eigenvalue weighted by molar-refractivity contribution is 0.0419. The highest BCUT2D eigenvalue weighted by Gasteiger charge is 2.18. The van der Waals surface area contributed by atoms with Crippen LogP contribution in [0, 0.1) is 0 Å². The second kappa shape index (κ2) is 6.01. The lowest BCUT2D eigenvalue weighted by atomic mass is 9.96. The van der Waals surface area contributed by atoms with Gasteiger partial charge in [0.15, 0.2) is 0 Å². The Hall–Kier alpha value is -0.870. The highest BCUT2D eigenvalue weighted by molar-refractivity contribution is 7.07. The van der Waals surface area contributed by atoms with Crippen LogP contribution in [-0.2, 0) is 11.2 Å². The van der Waals surface area contributed by atoms with E-state index in [9.17, 15) is 0 Å². The molecule has 1 heterocycles. The fraction of sp³-hybridized carbons (Fsp3) is 0.583. The minimum Gasteiger partial charge on any atom is -0.411 e. The predicted octanol–water partition coefficient (Wildman–Crippen LogP) is 3.08. The average molecular weight is 239 g/mol. The average Bonchev–Trinajstić information content (AvgIpc) is 2.83. The van der Waals surface area contributed by atoms with Crippen LogP contribution < -0.4 is 0 Å². The van der Waals surface area contributed by atoms with E-state index in [1.54, 1.807) is 11.3 Å². The first-order valence-corrected chi connectivity index (χ1v) is 6.65. The molecule has 1 aromatic rings. The molecule has 3 nitrogen and oxygen atoms in total. The summed E-state index contributed by atoms with van der Waals surface area (Å²) in [6, 6.07) is 2.14. The molecule has 88 valence electrons. The topological polar surface area (TPSA) is 41.8 Å². The van der Waals surface area contributed by atoms with E-state index in [4.69, 9.17) is 9.94 Å². The molecule has 0 amide bonds.